The fraction of sp³-hybridized carbons (Fsp3) is 0.800. The molecule has 0 rings (SSSR count). The molecule has 0 saturated heterocycles. The molecule has 0 radical (unpaired) electrons. The third-order valence-electron chi connectivity index (χ3n) is 0.939. The van der Waals surface area contributed by atoms with Crippen LogP contribution in [-0.4, -0.2) is 25.2 Å². The molecule has 0 saturated carbocycles. The first-order valence-electron chi connectivity index (χ1n) is 3.02. The normalized spacial score (nSPS) is 12.6. The molecular formula is C5H11INO3P. The van der Waals surface area contributed by atoms with Gasteiger partial charge in [-0.25, -0.2) is 0 Å². The van der Waals surface area contributed by atoms with Gasteiger partial charge in [-0.15, -0.1) is 0 Å². The van der Waals surface area contributed by atoms with Crippen LogP contribution in [0.3, 0.4) is 0 Å². The van der Waals surface area contributed by atoms with Crippen LogP contribution in [0.1, 0.15) is 6.92 Å². The lowest BCUT2D eigenvalue weighted by Gasteiger charge is -2.12. The third-order valence-corrected chi connectivity index (χ3v) is 2.01. The summed E-state index contributed by atoms with van der Waals surface area (Å²) in [5.41, 5.74) is 0. The van der Waals surface area contributed by atoms with E-state index in [-0.39, 0.29) is 12.0 Å². The van der Waals surface area contributed by atoms with Gasteiger partial charge >= 0.3 is 5.97 Å². The van der Waals surface area contributed by atoms with Crippen LogP contribution < -0.4 is 3.53 Å². The van der Waals surface area contributed by atoms with Crippen LogP contribution in [0.2, 0.25) is 0 Å². The summed E-state index contributed by atoms with van der Waals surface area (Å²) in [6, 6.07) is 0.0528. The van der Waals surface area contributed by atoms with Gasteiger partial charge in [-0.1, -0.05) is 0 Å². The van der Waals surface area contributed by atoms with Crippen molar-refractivity contribution in [3.63, 3.8) is 0 Å². The molecule has 0 aliphatic carbocycles. The number of carbonyl (C=O) groups is 1. The molecule has 0 bridgehead atoms. The van der Waals surface area contributed by atoms with Gasteiger partial charge in [-0.2, -0.15) is 0 Å². The molecule has 0 fully saturated rings. The molecule has 4 nitrogen and oxygen atoms in total. The third kappa shape index (κ3) is 6.93. The Kier molecular flexibility index (Phi) is 7.57. The second-order valence-electron chi connectivity index (χ2n) is 1.94. The van der Waals surface area contributed by atoms with E-state index in [9.17, 15) is 4.79 Å². The van der Waals surface area contributed by atoms with Crippen molar-refractivity contribution in [1.82, 2.24) is 3.53 Å². The van der Waals surface area contributed by atoms with E-state index in [0.29, 0.717) is 13.2 Å². The molecule has 0 aromatic rings. The van der Waals surface area contributed by atoms with E-state index in [4.69, 9.17) is 9.26 Å². The van der Waals surface area contributed by atoms with E-state index in [1.807, 2.05) is 22.9 Å². The van der Waals surface area contributed by atoms with E-state index in [1.54, 1.807) is 0 Å². The monoisotopic (exact) mass is 291 g/mol. The smallest absolute Gasteiger partial charge is 0.302 e. The quantitative estimate of drug-likeness (QED) is 0.350. The van der Waals surface area contributed by atoms with Gasteiger partial charge in [0.2, 0.25) is 0 Å². The zero-order valence-corrected chi connectivity index (χ0v) is 9.48. The topological polar surface area (TPSA) is 47.6 Å². The van der Waals surface area contributed by atoms with Crippen LogP contribution >= 0.6 is 32.3 Å². The zero-order valence-electron chi connectivity index (χ0n) is 6.17. The van der Waals surface area contributed by atoms with Gasteiger partial charge in [0.05, 0.1) is 12.6 Å². The van der Waals surface area contributed by atoms with Gasteiger partial charge in [-0.05, 0) is 0 Å². The maximum absolute atomic E-state index is 10.4. The highest BCUT2D eigenvalue weighted by Crippen LogP contribution is 1.94. The first-order chi connectivity index (χ1) is 5.20. The molecular weight excluding hydrogens is 280 g/mol. The standard InChI is InChI=1S/C5H11INO3P/c1-4(8)9-2-5(7-6)3-10-11/h5,7H,2-3,11H2,1H3. The van der Waals surface area contributed by atoms with Crippen molar-refractivity contribution in [3.05, 3.63) is 0 Å². The second-order valence-corrected chi connectivity index (χ2v) is 2.90. The number of hydrogen-bond donors (Lipinski definition) is 1. The molecule has 0 spiro atoms. The van der Waals surface area contributed by atoms with Crippen LogP contribution in [0.15, 0.2) is 0 Å². The van der Waals surface area contributed by atoms with Gasteiger partial charge in [0, 0.05) is 39.3 Å². The molecule has 0 heterocycles. The Labute approximate surface area is 82.2 Å². The van der Waals surface area contributed by atoms with Crippen LogP contribution in [-0.2, 0) is 14.1 Å². The van der Waals surface area contributed by atoms with Gasteiger partial charge in [-0.3, -0.25) is 8.32 Å². The highest BCUT2D eigenvalue weighted by molar-refractivity contribution is 14.1. The molecule has 2 unspecified atom stereocenters. The van der Waals surface area contributed by atoms with Gasteiger partial charge < -0.3 is 9.26 Å². The molecule has 0 aromatic carbocycles. The largest absolute Gasteiger partial charge is 0.464 e. The molecule has 2 atom stereocenters. The van der Waals surface area contributed by atoms with E-state index in [2.05, 4.69) is 13.0 Å². The summed E-state index contributed by atoms with van der Waals surface area (Å²) in [7, 11) is 2.14. The summed E-state index contributed by atoms with van der Waals surface area (Å²) in [5.74, 6) is -0.273. The zero-order chi connectivity index (χ0) is 8.69. The maximum atomic E-state index is 10.4. The highest BCUT2D eigenvalue weighted by Gasteiger charge is 2.07. The Balaban J connectivity index is 3.43. The van der Waals surface area contributed by atoms with Crippen molar-refractivity contribution in [3.8, 4) is 0 Å². The average molecular weight is 291 g/mol. The van der Waals surface area contributed by atoms with E-state index in [1.165, 1.54) is 6.92 Å². The molecule has 0 amide bonds. The van der Waals surface area contributed by atoms with Gasteiger partial charge in [0.15, 0.2) is 0 Å². The van der Waals surface area contributed by atoms with Crippen LogP contribution in [0, 0.1) is 0 Å². The average Bonchev–Trinajstić information content (AvgIpc) is 1.97. The van der Waals surface area contributed by atoms with Crippen molar-refractivity contribution in [2.75, 3.05) is 13.2 Å². The van der Waals surface area contributed by atoms with Crippen LogP contribution in [0.5, 0.6) is 0 Å². The Morgan fingerprint density at radius 1 is 1.73 bits per heavy atom. The Morgan fingerprint density at radius 3 is 2.73 bits per heavy atom. The number of halogens is 1. The Morgan fingerprint density at radius 2 is 2.36 bits per heavy atom. The second kappa shape index (κ2) is 7.21. The lowest BCUT2D eigenvalue weighted by atomic mass is 10.4. The van der Waals surface area contributed by atoms with Gasteiger partial charge in [0.25, 0.3) is 0 Å². The number of carbonyl (C=O) groups excluding carboxylic acids is 1. The maximum Gasteiger partial charge on any atom is 0.302 e. The molecule has 1 N–H and O–H groups in total. The number of rotatable bonds is 5. The predicted octanol–water partition coefficient (Wildman–Crippen LogP) is 0.664. The lowest BCUT2D eigenvalue weighted by Crippen LogP contribution is -2.31. The summed E-state index contributed by atoms with van der Waals surface area (Å²) in [6.45, 7) is 2.22. The highest BCUT2D eigenvalue weighted by atomic mass is 127. The van der Waals surface area contributed by atoms with E-state index in [0.717, 1.165) is 0 Å². The minimum Gasteiger partial charge on any atom is -0.464 e. The summed E-state index contributed by atoms with van der Waals surface area (Å²) in [6.07, 6.45) is 0. The first-order valence-corrected chi connectivity index (χ1v) is 4.57. The van der Waals surface area contributed by atoms with Crippen molar-refractivity contribution in [2.24, 2.45) is 0 Å². The Hall–Kier alpha value is 0.550. The predicted molar refractivity (Wildman–Crippen MR) is 53.2 cm³/mol. The van der Waals surface area contributed by atoms with Crippen molar-refractivity contribution in [2.45, 2.75) is 13.0 Å². The molecule has 6 heteroatoms. The fourth-order valence-electron chi connectivity index (χ4n) is 0.445. The van der Waals surface area contributed by atoms with E-state index < -0.39 is 0 Å². The summed E-state index contributed by atoms with van der Waals surface area (Å²) >= 11 is 1.99. The number of esters is 1. The Bertz CT molecular complexity index is 124. The van der Waals surface area contributed by atoms with Crippen molar-refractivity contribution in [1.29, 1.82) is 0 Å². The fourth-order valence-corrected chi connectivity index (χ4v) is 1.04. The summed E-state index contributed by atoms with van der Waals surface area (Å²) < 4.78 is 12.4. The molecule has 66 valence electrons. The minimum atomic E-state index is -0.273. The molecule has 0 aliphatic heterocycles. The molecule has 0 aliphatic rings. The first kappa shape index (κ1) is 11.6. The summed E-state index contributed by atoms with van der Waals surface area (Å²) in [4.78, 5) is 10.4. The lowest BCUT2D eigenvalue weighted by molar-refractivity contribution is -0.141. The minimum absolute atomic E-state index is 0.0528. The van der Waals surface area contributed by atoms with Crippen molar-refractivity contribution < 1.29 is 14.1 Å². The molecule has 11 heavy (non-hydrogen) atoms. The van der Waals surface area contributed by atoms with Crippen LogP contribution in [0.4, 0.5) is 0 Å². The van der Waals surface area contributed by atoms with Crippen LogP contribution in [0.25, 0.3) is 0 Å². The summed E-state index contributed by atoms with van der Waals surface area (Å²) in [5, 5.41) is 0. The van der Waals surface area contributed by atoms with Gasteiger partial charge in [0.1, 0.15) is 6.61 Å². The number of hydrogen-bond acceptors (Lipinski definition) is 4. The SMILES string of the molecule is CC(=O)OCC(COP)NI. The molecule has 0 aromatic heterocycles. The number of nitrogens with one attached hydrogen (secondary N) is 1. The van der Waals surface area contributed by atoms with Crippen molar-refractivity contribution >= 4 is 38.3 Å². The van der Waals surface area contributed by atoms with E-state index >= 15 is 0 Å². The number of ether oxygens (including phenoxy) is 1.